The van der Waals surface area contributed by atoms with Gasteiger partial charge in [-0.05, 0) is 43.8 Å². The number of hydrogen-bond acceptors (Lipinski definition) is 3. The lowest BCUT2D eigenvalue weighted by atomic mass is 10.1. The molecule has 25 heavy (non-hydrogen) atoms. The molecule has 134 valence electrons. The Morgan fingerprint density at radius 2 is 1.84 bits per heavy atom. The molecule has 1 amide bonds. The molecule has 0 aromatic heterocycles. The van der Waals surface area contributed by atoms with Gasteiger partial charge in [0, 0.05) is 23.4 Å². The van der Waals surface area contributed by atoms with E-state index in [-0.39, 0.29) is 11.9 Å². The van der Waals surface area contributed by atoms with Crippen LogP contribution in [0.4, 0.5) is 0 Å². The third-order valence-corrected chi connectivity index (χ3v) is 5.21. The van der Waals surface area contributed by atoms with Gasteiger partial charge in [-0.1, -0.05) is 54.1 Å². The van der Waals surface area contributed by atoms with E-state index in [0.29, 0.717) is 12.3 Å². The van der Waals surface area contributed by atoms with Crippen LogP contribution in [0.3, 0.4) is 0 Å². The third-order valence-electron chi connectivity index (χ3n) is 3.97. The number of nitrogens with zero attached hydrogens (tertiary/aromatic N) is 1. The predicted molar refractivity (Wildman–Crippen MR) is 108 cm³/mol. The molecule has 1 unspecified atom stereocenters. The van der Waals surface area contributed by atoms with Crippen molar-refractivity contribution in [2.75, 3.05) is 26.4 Å². The summed E-state index contributed by atoms with van der Waals surface area (Å²) in [4.78, 5) is 14.3. The minimum Gasteiger partial charge on any atom is -0.354 e. The Bertz CT molecular complexity index is 664. The second-order valence-electron chi connectivity index (χ2n) is 6.23. The standard InChI is InChI=1S/C20H25ClN2OS/c1-23(2)19(12-16-7-4-3-5-8-16)13-22-20(24)15-25-14-17-9-6-10-18(21)11-17/h3-11,19H,12-15H2,1-2H3,(H,22,24). The second-order valence-corrected chi connectivity index (χ2v) is 7.66. The number of likely N-dealkylation sites (N-methyl/N-ethyl adjacent to an activating group) is 1. The van der Waals surface area contributed by atoms with E-state index in [0.717, 1.165) is 22.8 Å². The Morgan fingerprint density at radius 1 is 1.12 bits per heavy atom. The van der Waals surface area contributed by atoms with E-state index in [1.54, 1.807) is 11.8 Å². The number of amides is 1. The Hall–Kier alpha value is -1.49. The fourth-order valence-corrected chi connectivity index (χ4v) is 3.51. The molecule has 2 rings (SSSR count). The summed E-state index contributed by atoms with van der Waals surface area (Å²) in [6.07, 6.45) is 0.920. The molecule has 0 fully saturated rings. The van der Waals surface area contributed by atoms with E-state index in [1.807, 2.05) is 56.6 Å². The van der Waals surface area contributed by atoms with Crippen LogP contribution in [-0.2, 0) is 17.0 Å². The molecule has 0 bridgehead atoms. The molecule has 0 heterocycles. The quantitative estimate of drug-likeness (QED) is 0.721. The summed E-state index contributed by atoms with van der Waals surface area (Å²) < 4.78 is 0. The average molecular weight is 377 g/mol. The van der Waals surface area contributed by atoms with Crippen LogP contribution in [-0.4, -0.2) is 43.2 Å². The second kappa shape index (κ2) is 10.5. The highest BCUT2D eigenvalue weighted by Crippen LogP contribution is 2.16. The molecule has 1 N–H and O–H groups in total. The number of thioether (sulfide) groups is 1. The van der Waals surface area contributed by atoms with Crippen LogP contribution in [0.2, 0.25) is 5.02 Å². The highest BCUT2D eigenvalue weighted by molar-refractivity contribution is 7.99. The highest BCUT2D eigenvalue weighted by Gasteiger charge is 2.13. The van der Waals surface area contributed by atoms with Gasteiger partial charge in [0.2, 0.25) is 5.91 Å². The molecule has 0 radical (unpaired) electrons. The van der Waals surface area contributed by atoms with Crippen LogP contribution in [0.15, 0.2) is 54.6 Å². The molecule has 0 saturated carbocycles. The van der Waals surface area contributed by atoms with Gasteiger partial charge in [-0.25, -0.2) is 0 Å². The number of halogens is 1. The van der Waals surface area contributed by atoms with Crippen molar-refractivity contribution in [1.82, 2.24) is 10.2 Å². The highest BCUT2D eigenvalue weighted by atomic mass is 35.5. The van der Waals surface area contributed by atoms with Gasteiger partial charge in [-0.3, -0.25) is 4.79 Å². The summed E-state index contributed by atoms with van der Waals surface area (Å²) in [5.74, 6) is 1.32. The molecule has 1 atom stereocenters. The first-order chi connectivity index (χ1) is 12.0. The number of carbonyl (C=O) groups excluding carboxylic acids is 1. The van der Waals surface area contributed by atoms with Crippen molar-refractivity contribution in [3.05, 3.63) is 70.7 Å². The molecule has 2 aromatic rings. The van der Waals surface area contributed by atoms with Gasteiger partial charge in [-0.15, -0.1) is 11.8 Å². The van der Waals surface area contributed by atoms with Gasteiger partial charge in [0.15, 0.2) is 0 Å². The Labute approximate surface area is 159 Å². The van der Waals surface area contributed by atoms with Gasteiger partial charge in [0.25, 0.3) is 0 Å². The minimum atomic E-state index is 0.0759. The van der Waals surface area contributed by atoms with Gasteiger partial charge in [-0.2, -0.15) is 0 Å². The van der Waals surface area contributed by atoms with E-state index >= 15 is 0 Å². The predicted octanol–water partition coefficient (Wildman–Crippen LogP) is 3.86. The number of benzene rings is 2. The summed E-state index contributed by atoms with van der Waals surface area (Å²) in [5.41, 5.74) is 2.42. The number of rotatable bonds is 9. The summed E-state index contributed by atoms with van der Waals surface area (Å²) in [6.45, 7) is 0.651. The average Bonchev–Trinajstić information content (AvgIpc) is 2.59. The molecule has 2 aromatic carbocycles. The molecule has 0 spiro atoms. The Morgan fingerprint density at radius 3 is 2.52 bits per heavy atom. The van der Waals surface area contributed by atoms with Crippen LogP contribution in [0.1, 0.15) is 11.1 Å². The molecule has 0 aliphatic rings. The van der Waals surface area contributed by atoms with E-state index in [2.05, 4.69) is 22.3 Å². The zero-order chi connectivity index (χ0) is 18.1. The molecular formula is C20H25ClN2OS. The van der Waals surface area contributed by atoms with E-state index in [4.69, 9.17) is 11.6 Å². The van der Waals surface area contributed by atoms with Crippen LogP contribution >= 0.6 is 23.4 Å². The maximum Gasteiger partial charge on any atom is 0.230 e. The fourth-order valence-electron chi connectivity index (χ4n) is 2.49. The first kappa shape index (κ1) is 19.8. The zero-order valence-corrected chi connectivity index (χ0v) is 16.3. The summed E-state index contributed by atoms with van der Waals surface area (Å²) in [6, 6.07) is 18.4. The molecule has 0 aliphatic heterocycles. The van der Waals surface area contributed by atoms with E-state index in [1.165, 1.54) is 5.56 Å². The van der Waals surface area contributed by atoms with Crippen molar-refractivity contribution < 1.29 is 4.79 Å². The smallest absolute Gasteiger partial charge is 0.230 e. The van der Waals surface area contributed by atoms with Crippen molar-refractivity contribution in [3.8, 4) is 0 Å². The largest absolute Gasteiger partial charge is 0.354 e. The summed E-state index contributed by atoms with van der Waals surface area (Å²) in [7, 11) is 4.10. The minimum absolute atomic E-state index is 0.0759. The summed E-state index contributed by atoms with van der Waals surface area (Å²) in [5, 5.41) is 3.79. The lowest BCUT2D eigenvalue weighted by Gasteiger charge is -2.24. The monoisotopic (exact) mass is 376 g/mol. The SMILES string of the molecule is CN(C)C(CNC(=O)CSCc1cccc(Cl)c1)Cc1ccccc1. The molecule has 0 aliphatic carbocycles. The normalized spacial score (nSPS) is 12.2. The van der Waals surface area contributed by atoms with Gasteiger partial charge in [0.1, 0.15) is 0 Å². The number of hydrogen-bond donors (Lipinski definition) is 1. The van der Waals surface area contributed by atoms with Crippen LogP contribution < -0.4 is 5.32 Å². The maximum atomic E-state index is 12.1. The van der Waals surface area contributed by atoms with Crippen LogP contribution in [0.5, 0.6) is 0 Å². The summed E-state index contributed by atoms with van der Waals surface area (Å²) >= 11 is 7.58. The van der Waals surface area contributed by atoms with Crippen molar-refractivity contribution in [2.24, 2.45) is 0 Å². The molecule has 5 heteroatoms. The van der Waals surface area contributed by atoms with Crippen LogP contribution in [0, 0.1) is 0 Å². The van der Waals surface area contributed by atoms with E-state index < -0.39 is 0 Å². The number of carbonyl (C=O) groups is 1. The molecule has 0 saturated heterocycles. The maximum absolute atomic E-state index is 12.1. The van der Waals surface area contributed by atoms with Crippen molar-refractivity contribution in [1.29, 1.82) is 0 Å². The van der Waals surface area contributed by atoms with Gasteiger partial charge in [0.05, 0.1) is 5.75 Å². The van der Waals surface area contributed by atoms with Crippen molar-refractivity contribution in [2.45, 2.75) is 18.2 Å². The first-order valence-corrected chi connectivity index (χ1v) is 9.87. The third kappa shape index (κ3) is 7.51. The Kier molecular flexibility index (Phi) is 8.32. The van der Waals surface area contributed by atoms with Gasteiger partial charge < -0.3 is 10.2 Å². The molecule has 3 nitrogen and oxygen atoms in total. The zero-order valence-electron chi connectivity index (χ0n) is 14.7. The lowest BCUT2D eigenvalue weighted by Crippen LogP contribution is -2.42. The van der Waals surface area contributed by atoms with Crippen molar-refractivity contribution in [3.63, 3.8) is 0 Å². The van der Waals surface area contributed by atoms with Gasteiger partial charge >= 0.3 is 0 Å². The topological polar surface area (TPSA) is 32.3 Å². The Balaban J connectivity index is 1.73. The lowest BCUT2D eigenvalue weighted by molar-refractivity contribution is -0.118. The van der Waals surface area contributed by atoms with Crippen LogP contribution in [0.25, 0.3) is 0 Å². The first-order valence-electron chi connectivity index (χ1n) is 8.34. The van der Waals surface area contributed by atoms with E-state index in [9.17, 15) is 4.79 Å². The fraction of sp³-hybridized carbons (Fsp3) is 0.350. The van der Waals surface area contributed by atoms with Crippen molar-refractivity contribution >= 4 is 29.3 Å². The molecular weight excluding hydrogens is 352 g/mol. The number of nitrogens with one attached hydrogen (secondary N) is 1.